The number of hydrogen-bond donors (Lipinski definition) is 2. The number of carbonyl (C=O) groups excluding carboxylic acids is 4. The van der Waals surface area contributed by atoms with E-state index >= 15 is 0 Å². The standard InChI is InChI=1S/C25H37N3O7/c1-24(2,3)34-22(31)17-7-9-18(10-8-17)26-21(30)19(27-23(32)35-25(4,5)6)11-12-20(29)28-13-15-33-16-14-28/h7-10,19H,11-16H2,1-6H3,(H,26,30)(H,27,32)/t19-/m0/s1. The van der Waals surface area contributed by atoms with Gasteiger partial charge in [0.05, 0.1) is 18.8 Å². The molecule has 0 aliphatic carbocycles. The van der Waals surface area contributed by atoms with Crippen molar-refractivity contribution in [2.45, 2.75) is 71.6 Å². The molecule has 3 amide bonds. The molecule has 35 heavy (non-hydrogen) atoms. The molecule has 1 aliphatic heterocycles. The fourth-order valence-corrected chi connectivity index (χ4v) is 3.21. The summed E-state index contributed by atoms with van der Waals surface area (Å²) in [4.78, 5) is 51.8. The summed E-state index contributed by atoms with van der Waals surface area (Å²) in [5.74, 6) is -1.09. The van der Waals surface area contributed by atoms with Crippen molar-refractivity contribution >= 4 is 29.6 Å². The number of morpholine rings is 1. The molecule has 2 rings (SSSR count). The molecule has 10 heteroatoms. The number of carbonyl (C=O) groups is 4. The molecule has 1 saturated heterocycles. The number of ether oxygens (including phenoxy) is 3. The zero-order chi connectivity index (χ0) is 26.2. The molecule has 1 atom stereocenters. The zero-order valence-corrected chi connectivity index (χ0v) is 21.4. The van der Waals surface area contributed by atoms with Crippen LogP contribution in [0, 0.1) is 0 Å². The fraction of sp³-hybridized carbons (Fsp3) is 0.600. The van der Waals surface area contributed by atoms with E-state index in [1.54, 1.807) is 70.7 Å². The van der Waals surface area contributed by atoms with Crippen LogP contribution in [0.4, 0.5) is 10.5 Å². The van der Waals surface area contributed by atoms with Gasteiger partial charge >= 0.3 is 12.1 Å². The van der Waals surface area contributed by atoms with Gasteiger partial charge in [0, 0.05) is 25.2 Å². The molecule has 0 bridgehead atoms. The molecule has 0 spiro atoms. The Kier molecular flexibility index (Phi) is 9.64. The van der Waals surface area contributed by atoms with E-state index in [0.717, 1.165) is 0 Å². The normalized spacial score (nSPS) is 15.1. The van der Waals surface area contributed by atoms with Crippen molar-refractivity contribution in [1.29, 1.82) is 0 Å². The molecule has 1 heterocycles. The molecule has 1 aromatic carbocycles. The van der Waals surface area contributed by atoms with Crippen LogP contribution in [0.5, 0.6) is 0 Å². The second kappa shape index (κ2) is 12.0. The first-order valence-corrected chi connectivity index (χ1v) is 11.7. The molecule has 0 aromatic heterocycles. The Bertz CT molecular complexity index is 895. The smallest absolute Gasteiger partial charge is 0.408 e. The Morgan fingerprint density at radius 3 is 2.06 bits per heavy atom. The first-order valence-electron chi connectivity index (χ1n) is 11.7. The summed E-state index contributed by atoms with van der Waals surface area (Å²) in [7, 11) is 0. The van der Waals surface area contributed by atoms with E-state index in [-0.39, 0.29) is 18.7 Å². The van der Waals surface area contributed by atoms with Crippen LogP contribution in [-0.2, 0) is 23.8 Å². The van der Waals surface area contributed by atoms with E-state index in [4.69, 9.17) is 14.2 Å². The third kappa shape index (κ3) is 10.3. The molecular formula is C25H37N3O7. The van der Waals surface area contributed by atoms with Gasteiger partial charge in [0.1, 0.15) is 17.2 Å². The van der Waals surface area contributed by atoms with Crippen LogP contribution in [0.2, 0.25) is 0 Å². The lowest BCUT2D eigenvalue weighted by molar-refractivity contribution is -0.135. The number of anilines is 1. The molecule has 1 fully saturated rings. The van der Waals surface area contributed by atoms with E-state index in [2.05, 4.69) is 10.6 Å². The Hall–Kier alpha value is -3.14. The first kappa shape index (κ1) is 28.1. The molecule has 0 unspecified atom stereocenters. The molecule has 2 N–H and O–H groups in total. The summed E-state index contributed by atoms with van der Waals surface area (Å²) in [5.41, 5.74) is -0.592. The molecule has 1 aliphatic rings. The second-order valence-electron chi connectivity index (χ2n) is 10.3. The van der Waals surface area contributed by atoms with Crippen molar-refractivity contribution in [3.8, 4) is 0 Å². The van der Waals surface area contributed by atoms with Crippen LogP contribution in [0.3, 0.4) is 0 Å². The monoisotopic (exact) mass is 491 g/mol. The Balaban J connectivity index is 2.05. The minimum Gasteiger partial charge on any atom is -0.456 e. The summed E-state index contributed by atoms with van der Waals surface area (Å²) in [6.07, 6.45) is -0.584. The summed E-state index contributed by atoms with van der Waals surface area (Å²) in [5, 5.41) is 5.29. The lowest BCUT2D eigenvalue weighted by atomic mass is 10.1. The SMILES string of the molecule is CC(C)(C)OC(=O)N[C@@H](CCC(=O)N1CCOCC1)C(=O)Nc1ccc(C(=O)OC(C)(C)C)cc1. The highest BCUT2D eigenvalue weighted by Gasteiger charge is 2.27. The Morgan fingerprint density at radius 1 is 0.943 bits per heavy atom. The predicted octanol–water partition coefficient (Wildman–Crippen LogP) is 3.11. The average molecular weight is 492 g/mol. The zero-order valence-electron chi connectivity index (χ0n) is 21.4. The summed E-state index contributed by atoms with van der Waals surface area (Å²) < 4.78 is 15.9. The number of esters is 1. The highest BCUT2D eigenvalue weighted by atomic mass is 16.6. The quantitative estimate of drug-likeness (QED) is 0.562. The van der Waals surface area contributed by atoms with Gasteiger partial charge in [0.15, 0.2) is 0 Å². The van der Waals surface area contributed by atoms with Crippen LogP contribution < -0.4 is 10.6 Å². The van der Waals surface area contributed by atoms with Crippen molar-refractivity contribution in [2.75, 3.05) is 31.6 Å². The minimum atomic E-state index is -1.000. The van der Waals surface area contributed by atoms with Gasteiger partial charge in [0.25, 0.3) is 0 Å². The fourth-order valence-electron chi connectivity index (χ4n) is 3.21. The van der Waals surface area contributed by atoms with Gasteiger partial charge in [-0.2, -0.15) is 0 Å². The van der Waals surface area contributed by atoms with Crippen molar-refractivity contribution in [3.63, 3.8) is 0 Å². The third-order valence-electron chi connectivity index (χ3n) is 4.81. The average Bonchev–Trinajstić information content (AvgIpc) is 2.75. The maximum atomic E-state index is 13.0. The van der Waals surface area contributed by atoms with Crippen molar-refractivity contribution in [3.05, 3.63) is 29.8 Å². The van der Waals surface area contributed by atoms with E-state index in [1.165, 1.54) is 0 Å². The van der Waals surface area contributed by atoms with Gasteiger partial charge in [0.2, 0.25) is 11.8 Å². The van der Waals surface area contributed by atoms with Crippen molar-refractivity contribution in [2.24, 2.45) is 0 Å². The van der Waals surface area contributed by atoms with Crippen LogP contribution >= 0.6 is 0 Å². The molecule has 0 saturated carbocycles. The maximum absolute atomic E-state index is 13.0. The summed E-state index contributed by atoms with van der Waals surface area (Å²) in [6, 6.07) is 5.23. The second-order valence-corrected chi connectivity index (χ2v) is 10.3. The highest BCUT2D eigenvalue weighted by Crippen LogP contribution is 2.16. The van der Waals surface area contributed by atoms with Gasteiger partial charge in [-0.15, -0.1) is 0 Å². The lowest BCUT2D eigenvalue weighted by Gasteiger charge is -2.28. The van der Waals surface area contributed by atoms with E-state index in [0.29, 0.717) is 37.6 Å². The summed E-state index contributed by atoms with van der Waals surface area (Å²) >= 11 is 0. The van der Waals surface area contributed by atoms with Gasteiger partial charge in [-0.1, -0.05) is 0 Å². The summed E-state index contributed by atoms with van der Waals surface area (Å²) in [6.45, 7) is 12.4. The highest BCUT2D eigenvalue weighted by molar-refractivity contribution is 5.97. The van der Waals surface area contributed by atoms with Crippen LogP contribution in [-0.4, -0.2) is 72.3 Å². The van der Waals surface area contributed by atoms with Crippen LogP contribution in [0.15, 0.2) is 24.3 Å². The van der Waals surface area contributed by atoms with Gasteiger partial charge in [-0.05, 0) is 72.2 Å². The van der Waals surface area contributed by atoms with E-state index in [9.17, 15) is 19.2 Å². The number of hydrogen-bond acceptors (Lipinski definition) is 7. The lowest BCUT2D eigenvalue weighted by Crippen LogP contribution is -2.47. The number of nitrogens with one attached hydrogen (secondary N) is 2. The van der Waals surface area contributed by atoms with Gasteiger partial charge in [-0.3, -0.25) is 9.59 Å². The molecule has 1 aromatic rings. The Morgan fingerprint density at radius 2 is 1.51 bits per heavy atom. The number of rotatable bonds is 7. The largest absolute Gasteiger partial charge is 0.456 e. The number of benzene rings is 1. The topological polar surface area (TPSA) is 123 Å². The van der Waals surface area contributed by atoms with Gasteiger partial charge < -0.3 is 29.7 Å². The Labute approximate surface area is 206 Å². The molecule has 10 nitrogen and oxygen atoms in total. The number of amides is 3. The predicted molar refractivity (Wildman–Crippen MR) is 130 cm³/mol. The first-order chi connectivity index (χ1) is 16.2. The van der Waals surface area contributed by atoms with Crippen LogP contribution in [0.1, 0.15) is 64.7 Å². The van der Waals surface area contributed by atoms with Gasteiger partial charge in [-0.25, -0.2) is 9.59 Å². The van der Waals surface area contributed by atoms with Crippen molar-refractivity contribution < 1.29 is 33.4 Å². The van der Waals surface area contributed by atoms with Crippen molar-refractivity contribution in [1.82, 2.24) is 10.2 Å². The number of nitrogens with zero attached hydrogens (tertiary/aromatic N) is 1. The minimum absolute atomic E-state index is 0.0749. The van der Waals surface area contributed by atoms with Crippen LogP contribution in [0.25, 0.3) is 0 Å². The maximum Gasteiger partial charge on any atom is 0.408 e. The van der Waals surface area contributed by atoms with E-state index < -0.39 is 35.2 Å². The molecule has 194 valence electrons. The number of alkyl carbamates (subject to hydrolysis) is 1. The molecule has 0 radical (unpaired) electrons. The molecular weight excluding hydrogens is 454 g/mol. The third-order valence-corrected chi connectivity index (χ3v) is 4.81. The van der Waals surface area contributed by atoms with E-state index in [1.807, 2.05) is 0 Å².